The third kappa shape index (κ3) is 3.91. The molecule has 1 aromatic carbocycles. The average Bonchev–Trinajstić information content (AvgIpc) is 2.84. The van der Waals surface area contributed by atoms with E-state index in [1.807, 2.05) is 16.8 Å². The Morgan fingerprint density at radius 3 is 2.71 bits per heavy atom. The first-order valence-corrected chi connectivity index (χ1v) is 7.47. The van der Waals surface area contributed by atoms with Crippen molar-refractivity contribution in [3.63, 3.8) is 0 Å². The van der Waals surface area contributed by atoms with Gasteiger partial charge in [-0.3, -0.25) is 0 Å². The molecule has 21 heavy (non-hydrogen) atoms. The molecule has 0 saturated carbocycles. The number of benzene rings is 1. The van der Waals surface area contributed by atoms with Gasteiger partial charge in [0.15, 0.2) is 0 Å². The summed E-state index contributed by atoms with van der Waals surface area (Å²) in [6, 6.07) is 5.23. The predicted octanol–water partition coefficient (Wildman–Crippen LogP) is 3.85. The van der Waals surface area contributed by atoms with Crippen LogP contribution in [-0.4, -0.2) is 15.1 Å². The summed E-state index contributed by atoms with van der Waals surface area (Å²) in [7, 11) is 0. The second-order valence-corrected chi connectivity index (χ2v) is 6.31. The maximum absolute atomic E-state index is 14.4. The van der Waals surface area contributed by atoms with Crippen LogP contribution < -0.4 is 5.32 Å². The highest BCUT2D eigenvalue weighted by Crippen LogP contribution is 2.21. The average molecular weight is 289 g/mol. The Morgan fingerprint density at radius 1 is 1.29 bits per heavy atom. The second-order valence-electron chi connectivity index (χ2n) is 6.31. The number of hydrogen-bond acceptors (Lipinski definition) is 2. The van der Waals surface area contributed by atoms with E-state index in [0.29, 0.717) is 12.2 Å². The lowest BCUT2D eigenvalue weighted by Crippen LogP contribution is -2.35. The highest BCUT2D eigenvalue weighted by molar-refractivity contribution is 5.43. The van der Waals surface area contributed by atoms with Crippen LogP contribution in [0.4, 0.5) is 4.39 Å². The van der Waals surface area contributed by atoms with Gasteiger partial charge in [0.2, 0.25) is 0 Å². The molecule has 0 unspecified atom stereocenters. The number of imidazole rings is 1. The van der Waals surface area contributed by atoms with Crippen molar-refractivity contribution >= 4 is 0 Å². The Labute approximate surface area is 126 Å². The number of hydrogen-bond donors (Lipinski definition) is 1. The Balaban J connectivity index is 2.40. The van der Waals surface area contributed by atoms with E-state index in [-0.39, 0.29) is 11.4 Å². The second kappa shape index (κ2) is 6.39. The zero-order valence-electron chi connectivity index (χ0n) is 13.3. The van der Waals surface area contributed by atoms with Gasteiger partial charge in [0.05, 0.1) is 5.69 Å². The van der Waals surface area contributed by atoms with Crippen molar-refractivity contribution in [3.05, 3.63) is 47.8 Å². The van der Waals surface area contributed by atoms with Gasteiger partial charge in [-0.2, -0.15) is 0 Å². The molecule has 3 nitrogen and oxygen atoms in total. The van der Waals surface area contributed by atoms with Crippen LogP contribution in [0.25, 0.3) is 5.69 Å². The van der Waals surface area contributed by atoms with E-state index in [1.165, 1.54) is 6.07 Å². The normalized spacial score (nSPS) is 11.9. The Bertz CT molecular complexity index is 596. The van der Waals surface area contributed by atoms with Crippen LogP contribution in [0.1, 0.15) is 45.5 Å². The minimum Gasteiger partial charge on any atom is -0.308 e. The smallest absolute Gasteiger partial charge is 0.147 e. The summed E-state index contributed by atoms with van der Waals surface area (Å²) in [5.41, 5.74) is 1.54. The molecule has 0 fully saturated rings. The van der Waals surface area contributed by atoms with E-state index in [4.69, 9.17) is 0 Å². The van der Waals surface area contributed by atoms with Crippen LogP contribution in [0.5, 0.6) is 0 Å². The monoisotopic (exact) mass is 289 g/mol. The van der Waals surface area contributed by atoms with Crippen molar-refractivity contribution < 1.29 is 4.39 Å². The molecule has 0 bridgehead atoms. The van der Waals surface area contributed by atoms with E-state index >= 15 is 0 Å². The van der Waals surface area contributed by atoms with E-state index in [1.54, 1.807) is 12.3 Å². The SMILES string of the molecule is CCCc1nccn1-c1c(F)cccc1CNC(C)(C)C. The molecule has 2 aromatic rings. The Hall–Kier alpha value is -1.68. The highest BCUT2D eigenvalue weighted by atomic mass is 19.1. The van der Waals surface area contributed by atoms with Crippen LogP contribution in [0.3, 0.4) is 0 Å². The van der Waals surface area contributed by atoms with Gasteiger partial charge in [-0.05, 0) is 38.8 Å². The molecule has 1 heterocycles. The third-order valence-corrected chi connectivity index (χ3v) is 3.31. The molecule has 1 N–H and O–H groups in total. The highest BCUT2D eigenvalue weighted by Gasteiger charge is 2.16. The number of aryl methyl sites for hydroxylation is 1. The zero-order valence-corrected chi connectivity index (χ0v) is 13.3. The van der Waals surface area contributed by atoms with Gasteiger partial charge in [-0.15, -0.1) is 0 Å². The molecule has 0 aliphatic rings. The molecule has 1 aromatic heterocycles. The van der Waals surface area contributed by atoms with Crippen molar-refractivity contribution in [2.45, 2.75) is 52.6 Å². The fourth-order valence-electron chi connectivity index (χ4n) is 2.28. The lowest BCUT2D eigenvalue weighted by Gasteiger charge is -2.22. The van der Waals surface area contributed by atoms with Crippen molar-refractivity contribution in [2.75, 3.05) is 0 Å². The summed E-state index contributed by atoms with van der Waals surface area (Å²) < 4.78 is 16.3. The number of para-hydroxylation sites is 1. The molecular formula is C17H24FN3. The molecule has 114 valence electrons. The molecule has 0 spiro atoms. The molecular weight excluding hydrogens is 265 g/mol. The third-order valence-electron chi connectivity index (χ3n) is 3.31. The van der Waals surface area contributed by atoms with Gasteiger partial charge < -0.3 is 9.88 Å². The van der Waals surface area contributed by atoms with Gasteiger partial charge in [0, 0.05) is 30.9 Å². The van der Waals surface area contributed by atoms with Gasteiger partial charge in [-0.1, -0.05) is 19.1 Å². The molecule has 2 rings (SSSR count). The quantitative estimate of drug-likeness (QED) is 0.906. The molecule has 0 radical (unpaired) electrons. The van der Waals surface area contributed by atoms with Gasteiger partial charge >= 0.3 is 0 Å². The van der Waals surface area contributed by atoms with Gasteiger partial charge in [0.1, 0.15) is 11.6 Å². The van der Waals surface area contributed by atoms with Gasteiger partial charge in [0.25, 0.3) is 0 Å². The molecule has 0 aliphatic heterocycles. The van der Waals surface area contributed by atoms with E-state index in [9.17, 15) is 4.39 Å². The lowest BCUT2D eigenvalue weighted by atomic mass is 10.1. The number of nitrogens with one attached hydrogen (secondary N) is 1. The number of nitrogens with zero attached hydrogens (tertiary/aromatic N) is 2. The van der Waals surface area contributed by atoms with Crippen LogP contribution in [0.15, 0.2) is 30.6 Å². The fraction of sp³-hybridized carbons (Fsp3) is 0.471. The molecule has 0 amide bonds. The van der Waals surface area contributed by atoms with Crippen LogP contribution >= 0.6 is 0 Å². The summed E-state index contributed by atoms with van der Waals surface area (Å²) in [5, 5.41) is 3.42. The standard InChI is InChI=1S/C17H24FN3/c1-5-7-15-19-10-11-21(15)16-13(8-6-9-14(16)18)12-20-17(2,3)4/h6,8-11,20H,5,7,12H2,1-4H3. The summed E-state index contributed by atoms with van der Waals surface area (Å²) in [5.74, 6) is 0.693. The lowest BCUT2D eigenvalue weighted by molar-refractivity contribution is 0.423. The number of rotatable bonds is 5. The molecule has 0 aliphatic carbocycles. The van der Waals surface area contributed by atoms with Crippen LogP contribution in [0.2, 0.25) is 0 Å². The van der Waals surface area contributed by atoms with Crippen LogP contribution in [0, 0.1) is 5.82 Å². The first kappa shape index (κ1) is 15.7. The largest absolute Gasteiger partial charge is 0.308 e. The van der Waals surface area contributed by atoms with Crippen LogP contribution in [-0.2, 0) is 13.0 Å². The Morgan fingerprint density at radius 2 is 2.05 bits per heavy atom. The number of halogens is 1. The van der Waals surface area contributed by atoms with Crippen molar-refractivity contribution in [1.29, 1.82) is 0 Å². The minimum atomic E-state index is -0.210. The first-order chi connectivity index (χ1) is 9.92. The van der Waals surface area contributed by atoms with E-state index in [2.05, 4.69) is 38.0 Å². The van der Waals surface area contributed by atoms with E-state index < -0.39 is 0 Å². The maximum Gasteiger partial charge on any atom is 0.147 e. The molecule has 0 atom stereocenters. The first-order valence-electron chi connectivity index (χ1n) is 7.47. The predicted molar refractivity (Wildman–Crippen MR) is 84.1 cm³/mol. The number of aromatic nitrogens is 2. The van der Waals surface area contributed by atoms with Crippen molar-refractivity contribution in [3.8, 4) is 5.69 Å². The van der Waals surface area contributed by atoms with E-state index in [0.717, 1.165) is 24.2 Å². The summed E-state index contributed by atoms with van der Waals surface area (Å²) in [6.45, 7) is 9.03. The molecule has 0 saturated heterocycles. The molecule has 4 heteroatoms. The topological polar surface area (TPSA) is 29.9 Å². The van der Waals surface area contributed by atoms with Crippen molar-refractivity contribution in [2.24, 2.45) is 0 Å². The van der Waals surface area contributed by atoms with Gasteiger partial charge in [-0.25, -0.2) is 9.37 Å². The Kier molecular flexibility index (Phi) is 4.78. The maximum atomic E-state index is 14.4. The summed E-state index contributed by atoms with van der Waals surface area (Å²) in [4.78, 5) is 4.35. The summed E-state index contributed by atoms with van der Waals surface area (Å²) in [6.07, 6.45) is 5.40. The summed E-state index contributed by atoms with van der Waals surface area (Å²) >= 11 is 0. The van der Waals surface area contributed by atoms with Crippen molar-refractivity contribution in [1.82, 2.24) is 14.9 Å². The zero-order chi connectivity index (χ0) is 15.5. The fourth-order valence-corrected chi connectivity index (χ4v) is 2.28. The minimum absolute atomic E-state index is 0.00915.